The summed E-state index contributed by atoms with van der Waals surface area (Å²) in [7, 11) is 1.41. The van der Waals surface area contributed by atoms with Gasteiger partial charge in [-0.25, -0.2) is 4.39 Å². The maximum Gasteiger partial charge on any atom is 0.237 e. The van der Waals surface area contributed by atoms with Crippen LogP contribution in [0.1, 0.15) is 24.9 Å². The standard InChI is InChI=1S/C14H21FN2O2S/c1-9(17-14(18)12(16)6-7-20-3)10-4-5-13(19-2)11(15)8-10/h4-5,8-9,12H,6-7,16H2,1-3H3,(H,17,18)/t9?,12-/m1/s1. The Morgan fingerprint density at radius 1 is 1.55 bits per heavy atom. The highest BCUT2D eigenvalue weighted by Crippen LogP contribution is 2.21. The highest BCUT2D eigenvalue weighted by molar-refractivity contribution is 7.98. The molecule has 1 rings (SSSR count). The normalized spacial score (nSPS) is 13.7. The van der Waals surface area contributed by atoms with Crippen LogP contribution in [0.25, 0.3) is 0 Å². The van der Waals surface area contributed by atoms with Gasteiger partial charge >= 0.3 is 0 Å². The number of hydrogen-bond donors (Lipinski definition) is 2. The summed E-state index contributed by atoms with van der Waals surface area (Å²) in [6, 6.07) is 3.79. The summed E-state index contributed by atoms with van der Waals surface area (Å²) in [5, 5.41) is 2.79. The molecule has 0 radical (unpaired) electrons. The van der Waals surface area contributed by atoms with Crippen molar-refractivity contribution < 1.29 is 13.9 Å². The molecule has 0 aliphatic carbocycles. The van der Waals surface area contributed by atoms with Gasteiger partial charge in [-0.1, -0.05) is 6.07 Å². The molecule has 1 amide bonds. The quantitative estimate of drug-likeness (QED) is 0.809. The Morgan fingerprint density at radius 3 is 2.80 bits per heavy atom. The molecule has 4 nitrogen and oxygen atoms in total. The van der Waals surface area contributed by atoms with Gasteiger partial charge in [-0.05, 0) is 43.0 Å². The molecule has 1 unspecified atom stereocenters. The van der Waals surface area contributed by atoms with Crippen molar-refractivity contribution in [3.8, 4) is 5.75 Å². The van der Waals surface area contributed by atoms with Gasteiger partial charge in [0, 0.05) is 0 Å². The Labute approximate surface area is 123 Å². The number of nitrogens with one attached hydrogen (secondary N) is 1. The van der Waals surface area contributed by atoms with Crippen LogP contribution in [0.5, 0.6) is 5.75 Å². The number of nitrogens with two attached hydrogens (primary N) is 1. The van der Waals surface area contributed by atoms with Crippen molar-refractivity contribution in [3.63, 3.8) is 0 Å². The van der Waals surface area contributed by atoms with E-state index in [-0.39, 0.29) is 17.7 Å². The molecule has 0 saturated heterocycles. The summed E-state index contributed by atoms with van der Waals surface area (Å²) in [5.41, 5.74) is 6.46. The van der Waals surface area contributed by atoms with Gasteiger partial charge in [0.25, 0.3) is 0 Å². The lowest BCUT2D eigenvalue weighted by Crippen LogP contribution is -2.41. The van der Waals surface area contributed by atoms with E-state index >= 15 is 0 Å². The monoisotopic (exact) mass is 300 g/mol. The number of thioether (sulfide) groups is 1. The molecule has 0 aliphatic rings. The Morgan fingerprint density at radius 2 is 2.25 bits per heavy atom. The van der Waals surface area contributed by atoms with Gasteiger partial charge in [0.15, 0.2) is 11.6 Å². The number of halogens is 1. The van der Waals surface area contributed by atoms with Crippen LogP contribution < -0.4 is 15.8 Å². The Balaban J connectivity index is 2.64. The molecule has 0 aliphatic heterocycles. The number of amides is 1. The number of hydrogen-bond acceptors (Lipinski definition) is 4. The van der Waals surface area contributed by atoms with Crippen molar-refractivity contribution in [2.75, 3.05) is 19.1 Å². The first-order valence-electron chi connectivity index (χ1n) is 6.38. The fourth-order valence-corrected chi connectivity index (χ4v) is 2.22. The summed E-state index contributed by atoms with van der Waals surface area (Å²) < 4.78 is 18.5. The number of rotatable bonds is 7. The lowest BCUT2D eigenvalue weighted by Gasteiger charge is -2.18. The van der Waals surface area contributed by atoms with Gasteiger partial charge in [0.1, 0.15) is 0 Å². The van der Waals surface area contributed by atoms with Crippen LogP contribution in [0.3, 0.4) is 0 Å². The Bertz CT molecular complexity index is 457. The zero-order valence-corrected chi connectivity index (χ0v) is 12.8. The predicted molar refractivity (Wildman–Crippen MR) is 80.5 cm³/mol. The summed E-state index contributed by atoms with van der Waals surface area (Å²) in [6.07, 6.45) is 2.59. The largest absolute Gasteiger partial charge is 0.494 e. The molecular weight excluding hydrogens is 279 g/mol. The molecule has 6 heteroatoms. The average molecular weight is 300 g/mol. The molecule has 1 aromatic rings. The maximum absolute atomic E-state index is 13.6. The Kier molecular flexibility index (Phi) is 6.81. The Hall–Kier alpha value is -1.27. The van der Waals surface area contributed by atoms with E-state index in [2.05, 4.69) is 5.32 Å². The minimum Gasteiger partial charge on any atom is -0.494 e. The van der Waals surface area contributed by atoms with Gasteiger partial charge in [0.2, 0.25) is 5.91 Å². The molecule has 0 fully saturated rings. The fourth-order valence-electron chi connectivity index (χ4n) is 1.73. The van der Waals surface area contributed by atoms with Gasteiger partial charge in [0.05, 0.1) is 19.2 Å². The molecule has 0 spiro atoms. The first-order valence-corrected chi connectivity index (χ1v) is 7.77. The van der Waals surface area contributed by atoms with Crippen molar-refractivity contribution in [1.29, 1.82) is 0 Å². The summed E-state index contributed by atoms with van der Waals surface area (Å²) in [4.78, 5) is 11.9. The van der Waals surface area contributed by atoms with Gasteiger partial charge in [-0.15, -0.1) is 0 Å². The first kappa shape index (κ1) is 16.8. The number of methoxy groups -OCH3 is 1. The lowest BCUT2D eigenvalue weighted by atomic mass is 10.1. The molecule has 0 bridgehead atoms. The third-order valence-electron chi connectivity index (χ3n) is 3.00. The average Bonchev–Trinajstić information content (AvgIpc) is 2.44. The lowest BCUT2D eigenvalue weighted by molar-refractivity contribution is -0.123. The van der Waals surface area contributed by atoms with Crippen molar-refractivity contribution in [3.05, 3.63) is 29.6 Å². The van der Waals surface area contributed by atoms with Gasteiger partial charge in [-0.2, -0.15) is 11.8 Å². The van der Waals surface area contributed by atoms with E-state index in [0.29, 0.717) is 12.0 Å². The van der Waals surface area contributed by atoms with E-state index in [4.69, 9.17) is 10.5 Å². The molecule has 112 valence electrons. The van der Waals surface area contributed by atoms with E-state index in [1.807, 2.05) is 6.26 Å². The van der Waals surface area contributed by atoms with Crippen molar-refractivity contribution in [1.82, 2.24) is 5.32 Å². The van der Waals surface area contributed by atoms with Crippen LogP contribution in [0.15, 0.2) is 18.2 Å². The van der Waals surface area contributed by atoms with Crippen LogP contribution in [0.4, 0.5) is 4.39 Å². The van der Waals surface area contributed by atoms with Crippen LogP contribution >= 0.6 is 11.8 Å². The number of ether oxygens (including phenoxy) is 1. The number of benzene rings is 1. The second-order valence-corrected chi connectivity index (χ2v) is 5.50. The van der Waals surface area contributed by atoms with Crippen LogP contribution in [0.2, 0.25) is 0 Å². The topological polar surface area (TPSA) is 64.3 Å². The number of carbonyl (C=O) groups excluding carboxylic acids is 1. The van der Waals surface area contributed by atoms with Gasteiger partial charge < -0.3 is 15.8 Å². The summed E-state index contributed by atoms with van der Waals surface area (Å²) in [6.45, 7) is 1.79. The third-order valence-corrected chi connectivity index (χ3v) is 3.65. The molecule has 2 atom stereocenters. The molecule has 20 heavy (non-hydrogen) atoms. The SMILES string of the molecule is COc1ccc(C(C)NC(=O)[C@H](N)CCSC)cc1F. The smallest absolute Gasteiger partial charge is 0.237 e. The van der Waals surface area contributed by atoms with E-state index in [1.54, 1.807) is 30.8 Å². The van der Waals surface area contributed by atoms with Crippen molar-refractivity contribution in [2.24, 2.45) is 5.73 Å². The molecule has 0 heterocycles. The van der Waals surface area contributed by atoms with E-state index in [0.717, 1.165) is 5.75 Å². The maximum atomic E-state index is 13.6. The van der Waals surface area contributed by atoms with Crippen LogP contribution in [0, 0.1) is 5.82 Å². The predicted octanol–water partition coefficient (Wildman–Crippen LogP) is 2.09. The fraction of sp³-hybridized carbons (Fsp3) is 0.500. The summed E-state index contributed by atoms with van der Waals surface area (Å²) in [5.74, 6) is 0.352. The highest BCUT2D eigenvalue weighted by Gasteiger charge is 2.17. The minimum atomic E-state index is -0.534. The van der Waals surface area contributed by atoms with Gasteiger partial charge in [-0.3, -0.25) is 4.79 Å². The minimum absolute atomic E-state index is 0.184. The first-order chi connectivity index (χ1) is 9.49. The molecule has 3 N–H and O–H groups in total. The second kappa shape index (κ2) is 8.11. The van der Waals surface area contributed by atoms with E-state index < -0.39 is 11.9 Å². The van der Waals surface area contributed by atoms with Crippen LogP contribution in [-0.4, -0.2) is 31.1 Å². The zero-order chi connectivity index (χ0) is 15.1. The molecule has 1 aromatic carbocycles. The highest BCUT2D eigenvalue weighted by atomic mass is 32.2. The van der Waals surface area contributed by atoms with Crippen molar-refractivity contribution in [2.45, 2.75) is 25.4 Å². The molecule has 0 aromatic heterocycles. The zero-order valence-electron chi connectivity index (χ0n) is 12.0. The second-order valence-electron chi connectivity index (χ2n) is 4.51. The van der Waals surface area contributed by atoms with E-state index in [9.17, 15) is 9.18 Å². The van der Waals surface area contributed by atoms with E-state index in [1.165, 1.54) is 13.2 Å². The molecular formula is C14H21FN2O2S. The third kappa shape index (κ3) is 4.68. The van der Waals surface area contributed by atoms with Crippen molar-refractivity contribution >= 4 is 17.7 Å². The molecule has 0 saturated carbocycles. The van der Waals surface area contributed by atoms with Crippen LogP contribution in [-0.2, 0) is 4.79 Å². The number of carbonyl (C=O) groups is 1. The summed E-state index contributed by atoms with van der Waals surface area (Å²) >= 11 is 1.65.